The average molecular weight is 389 g/mol. The Morgan fingerprint density at radius 3 is 2.72 bits per heavy atom. The highest BCUT2D eigenvalue weighted by molar-refractivity contribution is 7.22. The standard InChI is InChI=1S/C18H10Cl2N2O2S/c19-11-5-3-4-10(16(11)20)13-8-9-14(24-13)17(23)22-18-21-12-6-1-2-7-15(12)25-18/h1-9H,(H,21,22,23). The number of furan rings is 1. The number of rotatable bonds is 3. The van der Waals surface area contributed by atoms with Gasteiger partial charge in [0.15, 0.2) is 10.9 Å². The zero-order chi connectivity index (χ0) is 17.4. The fraction of sp³-hybridized carbons (Fsp3) is 0. The minimum Gasteiger partial charge on any atom is -0.451 e. The summed E-state index contributed by atoms with van der Waals surface area (Å²) in [5.74, 6) is 0.274. The Bertz CT molecular complexity index is 1050. The second kappa shape index (κ2) is 6.52. The van der Waals surface area contributed by atoms with Crippen molar-refractivity contribution in [2.45, 2.75) is 0 Å². The SMILES string of the molecule is O=C(Nc1nc2ccccc2s1)c1ccc(-c2cccc(Cl)c2Cl)o1. The molecule has 2 aromatic carbocycles. The number of thiazole rings is 1. The van der Waals surface area contributed by atoms with E-state index in [2.05, 4.69) is 10.3 Å². The third kappa shape index (κ3) is 3.14. The van der Waals surface area contributed by atoms with Gasteiger partial charge in [-0.2, -0.15) is 0 Å². The Morgan fingerprint density at radius 2 is 1.88 bits per heavy atom. The fourth-order valence-electron chi connectivity index (χ4n) is 2.38. The van der Waals surface area contributed by atoms with E-state index in [0.717, 1.165) is 10.2 Å². The lowest BCUT2D eigenvalue weighted by Crippen LogP contribution is -2.10. The molecular weight excluding hydrogens is 379 g/mol. The number of amides is 1. The van der Waals surface area contributed by atoms with Crippen LogP contribution < -0.4 is 5.32 Å². The molecule has 2 heterocycles. The van der Waals surface area contributed by atoms with Crippen molar-refractivity contribution in [2.24, 2.45) is 0 Å². The zero-order valence-electron chi connectivity index (χ0n) is 12.6. The molecule has 0 saturated heterocycles. The highest BCUT2D eigenvalue weighted by atomic mass is 35.5. The number of nitrogens with zero attached hydrogens (tertiary/aromatic N) is 1. The summed E-state index contributed by atoms with van der Waals surface area (Å²) < 4.78 is 6.64. The summed E-state index contributed by atoms with van der Waals surface area (Å²) in [7, 11) is 0. The first-order valence-electron chi connectivity index (χ1n) is 7.33. The van der Waals surface area contributed by atoms with Gasteiger partial charge in [-0.3, -0.25) is 10.1 Å². The van der Waals surface area contributed by atoms with E-state index < -0.39 is 0 Å². The number of benzene rings is 2. The molecule has 0 fully saturated rings. The summed E-state index contributed by atoms with van der Waals surface area (Å²) in [6.07, 6.45) is 0. The maximum absolute atomic E-state index is 12.4. The summed E-state index contributed by atoms with van der Waals surface area (Å²) in [6, 6.07) is 16.2. The average Bonchev–Trinajstić information content (AvgIpc) is 3.23. The van der Waals surface area contributed by atoms with Crippen LogP contribution in [0.3, 0.4) is 0 Å². The number of aromatic nitrogens is 1. The van der Waals surface area contributed by atoms with Crippen molar-refractivity contribution < 1.29 is 9.21 Å². The first-order chi connectivity index (χ1) is 12.1. The molecular formula is C18H10Cl2N2O2S. The third-order valence-electron chi connectivity index (χ3n) is 3.56. The van der Waals surface area contributed by atoms with Crippen molar-refractivity contribution >= 4 is 55.8 Å². The number of halogens is 2. The molecule has 0 radical (unpaired) electrons. The van der Waals surface area contributed by atoms with E-state index in [9.17, 15) is 4.79 Å². The first kappa shape index (κ1) is 16.1. The van der Waals surface area contributed by atoms with Crippen LogP contribution in [0.2, 0.25) is 10.0 Å². The molecule has 0 aliphatic rings. The summed E-state index contributed by atoms with van der Waals surface area (Å²) in [6.45, 7) is 0. The molecule has 0 saturated carbocycles. The lowest BCUT2D eigenvalue weighted by atomic mass is 10.2. The van der Waals surface area contributed by atoms with Crippen LogP contribution >= 0.6 is 34.5 Å². The van der Waals surface area contributed by atoms with Crippen LogP contribution in [-0.4, -0.2) is 10.9 Å². The van der Waals surface area contributed by atoms with Crippen LogP contribution in [0, 0.1) is 0 Å². The summed E-state index contributed by atoms with van der Waals surface area (Å²) in [4.78, 5) is 16.8. The van der Waals surface area contributed by atoms with Crippen LogP contribution in [0.15, 0.2) is 59.0 Å². The zero-order valence-corrected chi connectivity index (χ0v) is 15.0. The first-order valence-corrected chi connectivity index (χ1v) is 8.90. The van der Waals surface area contributed by atoms with Gasteiger partial charge >= 0.3 is 0 Å². The second-order valence-corrected chi connectivity index (χ2v) is 7.02. The molecule has 7 heteroatoms. The van der Waals surface area contributed by atoms with Crippen LogP contribution in [0.5, 0.6) is 0 Å². The van der Waals surface area contributed by atoms with Crippen molar-refractivity contribution in [3.63, 3.8) is 0 Å². The monoisotopic (exact) mass is 388 g/mol. The van der Waals surface area contributed by atoms with Gasteiger partial charge in [0.25, 0.3) is 5.91 Å². The summed E-state index contributed by atoms with van der Waals surface area (Å²) >= 11 is 13.6. The van der Waals surface area contributed by atoms with Gasteiger partial charge in [0.1, 0.15) is 5.76 Å². The quantitative estimate of drug-likeness (QED) is 0.460. The highest BCUT2D eigenvalue weighted by Gasteiger charge is 2.16. The van der Waals surface area contributed by atoms with Crippen molar-refractivity contribution in [1.29, 1.82) is 0 Å². The van der Waals surface area contributed by atoms with E-state index in [1.807, 2.05) is 24.3 Å². The van der Waals surface area contributed by atoms with Crippen molar-refractivity contribution in [3.8, 4) is 11.3 Å². The summed E-state index contributed by atoms with van der Waals surface area (Å²) in [5.41, 5.74) is 1.47. The number of hydrogen-bond acceptors (Lipinski definition) is 4. The van der Waals surface area contributed by atoms with E-state index in [4.69, 9.17) is 27.6 Å². The Labute approximate surface area is 157 Å². The normalized spacial score (nSPS) is 11.0. The van der Waals surface area contributed by atoms with Crippen LogP contribution in [0.4, 0.5) is 5.13 Å². The molecule has 1 N–H and O–H groups in total. The van der Waals surface area contributed by atoms with Gasteiger partial charge in [-0.15, -0.1) is 0 Å². The maximum atomic E-state index is 12.4. The van der Waals surface area contributed by atoms with E-state index >= 15 is 0 Å². The minimum atomic E-state index is -0.372. The number of para-hydroxylation sites is 1. The van der Waals surface area contributed by atoms with Crippen molar-refractivity contribution in [2.75, 3.05) is 5.32 Å². The lowest BCUT2D eigenvalue weighted by Gasteiger charge is -2.02. The number of hydrogen-bond donors (Lipinski definition) is 1. The largest absolute Gasteiger partial charge is 0.451 e. The highest BCUT2D eigenvalue weighted by Crippen LogP contribution is 2.34. The molecule has 4 nitrogen and oxygen atoms in total. The van der Waals surface area contributed by atoms with Gasteiger partial charge in [0, 0.05) is 5.56 Å². The number of fused-ring (bicyclic) bond motifs is 1. The van der Waals surface area contributed by atoms with E-state index in [-0.39, 0.29) is 11.7 Å². The number of carbonyl (C=O) groups excluding carboxylic acids is 1. The van der Waals surface area contributed by atoms with Crippen molar-refractivity contribution in [3.05, 3.63) is 70.4 Å². The molecule has 0 aliphatic heterocycles. The topological polar surface area (TPSA) is 55.1 Å². The predicted octanol–water partition coefficient (Wildman–Crippen LogP) is 6.12. The molecule has 0 aliphatic carbocycles. The van der Waals surface area contributed by atoms with Gasteiger partial charge < -0.3 is 4.42 Å². The third-order valence-corrected chi connectivity index (χ3v) is 5.33. The van der Waals surface area contributed by atoms with Gasteiger partial charge in [-0.1, -0.05) is 52.7 Å². The van der Waals surface area contributed by atoms with Gasteiger partial charge in [-0.25, -0.2) is 4.98 Å². The van der Waals surface area contributed by atoms with E-state index in [0.29, 0.717) is 26.5 Å². The van der Waals surface area contributed by atoms with Crippen LogP contribution in [-0.2, 0) is 0 Å². The Morgan fingerprint density at radius 1 is 1.04 bits per heavy atom. The molecule has 124 valence electrons. The Hall–Kier alpha value is -2.34. The van der Waals surface area contributed by atoms with E-state index in [1.54, 1.807) is 30.3 Å². The summed E-state index contributed by atoms with van der Waals surface area (Å²) in [5, 5.41) is 4.09. The maximum Gasteiger partial charge on any atom is 0.293 e. The van der Waals surface area contributed by atoms with Gasteiger partial charge in [-0.05, 0) is 36.4 Å². The number of carbonyl (C=O) groups is 1. The fourth-order valence-corrected chi connectivity index (χ4v) is 3.64. The molecule has 0 atom stereocenters. The lowest BCUT2D eigenvalue weighted by molar-refractivity contribution is 0.0997. The van der Waals surface area contributed by atoms with Crippen LogP contribution in [0.1, 0.15) is 10.6 Å². The predicted molar refractivity (Wildman–Crippen MR) is 102 cm³/mol. The smallest absolute Gasteiger partial charge is 0.293 e. The molecule has 1 amide bonds. The van der Waals surface area contributed by atoms with Crippen molar-refractivity contribution in [1.82, 2.24) is 4.98 Å². The van der Waals surface area contributed by atoms with Crippen LogP contribution in [0.25, 0.3) is 21.5 Å². The van der Waals surface area contributed by atoms with E-state index in [1.165, 1.54) is 11.3 Å². The molecule has 4 rings (SSSR count). The Balaban J connectivity index is 1.59. The molecule has 2 aromatic heterocycles. The van der Waals surface area contributed by atoms with Gasteiger partial charge in [0.2, 0.25) is 0 Å². The minimum absolute atomic E-state index is 0.172. The number of nitrogens with one attached hydrogen (secondary N) is 1. The number of anilines is 1. The molecule has 0 unspecified atom stereocenters. The molecule has 25 heavy (non-hydrogen) atoms. The van der Waals surface area contributed by atoms with Gasteiger partial charge in [0.05, 0.1) is 20.3 Å². The molecule has 0 spiro atoms. The molecule has 0 bridgehead atoms. The molecule has 4 aromatic rings. The Kier molecular flexibility index (Phi) is 4.21. The second-order valence-electron chi connectivity index (χ2n) is 5.21.